The second kappa shape index (κ2) is 7.43. The van der Waals surface area contributed by atoms with E-state index in [4.69, 9.17) is 4.42 Å². The van der Waals surface area contributed by atoms with E-state index in [9.17, 15) is 14.0 Å². The molecule has 25 heavy (non-hydrogen) atoms. The highest BCUT2D eigenvalue weighted by atomic mass is 19.1. The Bertz CT molecular complexity index is 856. The Hall–Kier alpha value is -3.42. The third kappa shape index (κ3) is 4.31. The summed E-state index contributed by atoms with van der Waals surface area (Å²) in [5.41, 5.74) is 5.66. The lowest BCUT2D eigenvalue weighted by Crippen LogP contribution is -2.41. The fourth-order valence-corrected chi connectivity index (χ4v) is 2.12. The van der Waals surface area contributed by atoms with Crippen molar-refractivity contribution in [1.29, 1.82) is 0 Å². The maximum absolute atomic E-state index is 12.9. The number of aromatic amines is 1. The van der Waals surface area contributed by atoms with Gasteiger partial charge in [0.05, 0.1) is 6.20 Å². The topological polar surface area (TPSA) is 100 Å². The molecule has 1 aromatic carbocycles. The number of rotatable bonds is 5. The summed E-state index contributed by atoms with van der Waals surface area (Å²) in [5, 5.41) is 0. The van der Waals surface area contributed by atoms with Crippen LogP contribution in [0.1, 0.15) is 22.8 Å². The van der Waals surface area contributed by atoms with Crippen molar-refractivity contribution >= 4 is 11.8 Å². The van der Waals surface area contributed by atoms with Gasteiger partial charge in [-0.2, -0.15) is 0 Å². The molecule has 3 N–H and O–H groups in total. The highest BCUT2D eigenvalue weighted by molar-refractivity contribution is 5.93. The zero-order chi connectivity index (χ0) is 17.6. The molecule has 0 aliphatic carbocycles. The zero-order valence-corrected chi connectivity index (χ0v) is 13.1. The highest BCUT2D eigenvalue weighted by Gasteiger charge is 2.11. The number of carbonyl (C=O) groups excluding carboxylic acids is 2. The Morgan fingerprint density at radius 2 is 1.96 bits per heavy atom. The smallest absolute Gasteiger partial charge is 0.286 e. The number of nitrogens with one attached hydrogen (secondary N) is 3. The van der Waals surface area contributed by atoms with Crippen LogP contribution in [0.15, 0.2) is 53.2 Å². The maximum atomic E-state index is 12.9. The van der Waals surface area contributed by atoms with Crippen LogP contribution in [-0.4, -0.2) is 21.8 Å². The molecule has 7 nitrogen and oxygen atoms in total. The van der Waals surface area contributed by atoms with E-state index < -0.39 is 5.91 Å². The van der Waals surface area contributed by atoms with E-state index >= 15 is 0 Å². The van der Waals surface area contributed by atoms with E-state index in [2.05, 4.69) is 20.8 Å². The van der Waals surface area contributed by atoms with Gasteiger partial charge < -0.3 is 9.40 Å². The van der Waals surface area contributed by atoms with Gasteiger partial charge in [-0.3, -0.25) is 20.4 Å². The van der Waals surface area contributed by atoms with Crippen molar-refractivity contribution in [2.45, 2.75) is 12.8 Å². The van der Waals surface area contributed by atoms with Crippen LogP contribution >= 0.6 is 0 Å². The monoisotopic (exact) mass is 342 g/mol. The Morgan fingerprint density at radius 3 is 2.68 bits per heavy atom. The van der Waals surface area contributed by atoms with Crippen molar-refractivity contribution in [3.05, 3.63) is 66.2 Å². The SMILES string of the molecule is O=C(CCc1ncc(-c2ccc(F)cc2)o1)NNC(=O)c1ccc[nH]1. The zero-order valence-electron chi connectivity index (χ0n) is 13.1. The molecule has 3 rings (SSSR count). The van der Waals surface area contributed by atoms with Gasteiger partial charge in [0.15, 0.2) is 11.7 Å². The van der Waals surface area contributed by atoms with Gasteiger partial charge in [0.2, 0.25) is 5.91 Å². The number of halogens is 1. The Kier molecular flexibility index (Phi) is 4.89. The fraction of sp³-hybridized carbons (Fsp3) is 0.118. The highest BCUT2D eigenvalue weighted by Crippen LogP contribution is 2.21. The molecule has 3 aromatic rings. The molecule has 2 aromatic heterocycles. The van der Waals surface area contributed by atoms with Crippen LogP contribution in [0.5, 0.6) is 0 Å². The first-order valence-corrected chi connectivity index (χ1v) is 7.55. The average molecular weight is 342 g/mol. The first kappa shape index (κ1) is 16.4. The van der Waals surface area contributed by atoms with E-state index in [1.165, 1.54) is 18.3 Å². The number of nitrogens with zero attached hydrogens (tertiary/aromatic N) is 1. The fourth-order valence-electron chi connectivity index (χ4n) is 2.12. The number of H-pyrrole nitrogens is 1. The van der Waals surface area contributed by atoms with Crippen LogP contribution in [-0.2, 0) is 11.2 Å². The summed E-state index contributed by atoms with van der Waals surface area (Å²) in [6.45, 7) is 0. The maximum Gasteiger partial charge on any atom is 0.286 e. The lowest BCUT2D eigenvalue weighted by atomic mass is 10.2. The average Bonchev–Trinajstić information content (AvgIpc) is 3.30. The number of aromatic nitrogens is 2. The number of oxazole rings is 1. The molecule has 0 fully saturated rings. The van der Waals surface area contributed by atoms with Gasteiger partial charge in [0.25, 0.3) is 5.91 Å². The van der Waals surface area contributed by atoms with Crippen molar-refractivity contribution < 1.29 is 18.4 Å². The first-order valence-electron chi connectivity index (χ1n) is 7.55. The van der Waals surface area contributed by atoms with Gasteiger partial charge in [-0.15, -0.1) is 0 Å². The Morgan fingerprint density at radius 1 is 1.16 bits per heavy atom. The van der Waals surface area contributed by atoms with E-state index in [1.54, 1.807) is 30.5 Å². The molecule has 2 heterocycles. The lowest BCUT2D eigenvalue weighted by molar-refractivity contribution is -0.121. The Labute approximate surface area is 142 Å². The minimum Gasteiger partial charge on any atom is -0.441 e. The minimum atomic E-state index is -0.437. The van der Waals surface area contributed by atoms with E-state index in [0.29, 0.717) is 22.9 Å². The van der Waals surface area contributed by atoms with Gasteiger partial charge in [0.1, 0.15) is 11.5 Å². The Balaban J connectivity index is 1.48. The van der Waals surface area contributed by atoms with Gasteiger partial charge in [-0.05, 0) is 36.4 Å². The number of hydrogen-bond donors (Lipinski definition) is 3. The lowest BCUT2D eigenvalue weighted by Gasteiger charge is -2.05. The molecule has 0 bridgehead atoms. The second-order valence-corrected chi connectivity index (χ2v) is 5.21. The molecule has 128 valence electrons. The number of benzene rings is 1. The van der Waals surface area contributed by atoms with Gasteiger partial charge >= 0.3 is 0 Å². The van der Waals surface area contributed by atoms with Crippen molar-refractivity contribution in [3.8, 4) is 11.3 Å². The van der Waals surface area contributed by atoms with E-state index in [-0.39, 0.29) is 24.6 Å². The summed E-state index contributed by atoms with van der Waals surface area (Å²) in [6.07, 6.45) is 3.49. The quantitative estimate of drug-likeness (QED) is 0.619. The van der Waals surface area contributed by atoms with Crippen molar-refractivity contribution in [1.82, 2.24) is 20.8 Å². The molecule has 0 saturated heterocycles. The molecule has 0 unspecified atom stereocenters. The van der Waals surface area contributed by atoms with E-state index in [0.717, 1.165) is 0 Å². The number of amides is 2. The standard InChI is InChI=1S/C17H15FN4O3/c18-12-5-3-11(4-6-12)14-10-20-16(25-14)8-7-15(23)21-22-17(24)13-2-1-9-19-13/h1-6,9-10,19H,7-8H2,(H,21,23)(H,22,24). The van der Waals surface area contributed by atoms with Gasteiger partial charge in [-0.1, -0.05) is 0 Å². The largest absolute Gasteiger partial charge is 0.441 e. The minimum absolute atomic E-state index is 0.0916. The number of aryl methyl sites for hydroxylation is 1. The predicted octanol–water partition coefficient (Wildman–Crippen LogP) is 2.20. The molecule has 0 saturated carbocycles. The molecule has 0 radical (unpaired) electrons. The third-order valence-electron chi connectivity index (χ3n) is 3.41. The van der Waals surface area contributed by atoms with Crippen molar-refractivity contribution in [3.63, 3.8) is 0 Å². The molecule has 0 spiro atoms. The van der Waals surface area contributed by atoms with Crippen LogP contribution in [0.3, 0.4) is 0 Å². The van der Waals surface area contributed by atoms with E-state index in [1.807, 2.05) is 0 Å². The van der Waals surface area contributed by atoms with Crippen LogP contribution in [0.2, 0.25) is 0 Å². The van der Waals surface area contributed by atoms with Gasteiger partial charge in [-0.25, -0.2) is 9.37 Å². The number of hydrogen-bond acceptors (Lipinski definition) is 4. The summed E-state index contributed by atoms with van der Waals surface area (Å²) < 4.78 is 18.5. The predicted molar refractivity (Wildman–Crippen MR) is 86.6 cm³/mol. The number of carbonyl (C=O) groups is 2. The molecule has 0 aliphatic rings. The summed E-state index contributed by atoms with van der Waals surface area (Å²) in [4.78, 5) is 30.2. The second-order valence-electron chi connectivity index (χ2n) is 5.21. The summed E-state index contributed by atoms with van der Waals surface area (Å²) in [6, 6.07) is 9.10. The van der Waals surface area contributed by atoms with Gasteiger partial charge in [0, 0.05) is 24.6 Å². The summed E-state index contributed by atoms with van der Waals surface area (Å²) in [5.74, 6) is -0.267. The van der Waals surface area contributed by atoms with Crippen LogP contribution in [0, 0.1) is 5.82 Å². The number of hydrazine groups is 1. The molecule has 2 amide bonds. The first-order chi connectivity index (χ1) is 12.1. The molecule has 0 atom stereocenters. The summed E-state index contributed by atoms with van der Waals surface area (Å²) >= 11 is 0. The molecular formula is C17H15FN4O3. The van der Waals surface area contributed by atoms with Crippen molar-refractivity contribution in [2.75, 3.05) is 0 Å². The molecule has 0 aliphatic heterocycles. The van der Waals surface area contributed by atoms with Crippen molar-refractivity contribution in [2.24, 2.45) is 0 Å². The third-order valence-corrected chi connectivity index (χ3v) is 3.41. The normalized spacial score (nSPS) is 10.4. The molecular weight excluding hydrogens is 327 g/mol. The van der Waals surface area contributed by atoms with Crippen LogP contribution in [0.25, 0.3) is 11.3 Å². The van der Waals surface area contributed by atoms with Crippen LogP contribution < -0.4 is 10.9 Å². The molecule has 8 heteroatoms. The van der Waals surface area contributed by atoms with Crippen LogP contribution in [0.4, 0.5) is 4.39 Å². The summed E-state index contributed by atoms with van der Waals surface area (Å²) in [7, 11) is 0.